The average Bonchev–Trinajstić information content (AvgIpc) is 3.54. The molecule has 2 aromatic heterocycles. The first-order valence-electron chi connectivity index (χ1n) is 16.3. The van der Waals surface area contributed by atoms with Gasteiger partial charge in [0.2, 0.25) is 0 Å². The molecule has 0 saturated carbocycles. The van der Waals surface area contributed by atoms with Crippen LogP contribution in [0.4, 0.5) is 8.78 Å². The van der Waals surface area contributed by atoms with Crippen molar-refractivity contribution in [2.75, 3.05) is 0 Å². The number of fused-ring (bicyclic) bond motifs is 4. The minimum atomic E-state index is -2.12. The summed E-state index contributed by atoms with van der Waals surface area (Å²) in [7, 11) is -4.24. The van der Waals surface area contributed by atoms with Crippen molar-refractivity contribution in [2.24, 2.45) is 0 Å². The molecule has 0 atom stereocenters. The van der Waals surface area contributed by atoms with Crippen molar-refractivity contribution in [3.05, 3.63) is 83.1 Å². The fourth-order valence-corrected chi connectivity index (χ4v) is 16.5. The van der Waals surface area contributed by atoms with Crippen LogP contribution in [0.1, 0.15) is 66.5 Å². The molecule has 5 aromatic rings. The molecule has 0 aliphatic heterocycles. The van der Waals surface area contributed by atoms with E-state index < -0.39 is 16.1 Å². The van der Waals surface area contributed by atoms with Gasteiger partial charge in [-0.2, -0.15) is 8.78 Å². The molecule has 0 aliphatic rings. The molecule has 6 heteroatoms. The summed E-state index contributed by atoms with van der Waals surface area (Å²) in [5.41, 5.74) is 11.4. The van der Waals surface area contributed by atoms with E-state index in [1.807, 2.05) is 12.2 Å². The maximum Gasteiger partial charge on any atom is 0.177 e. The van der Waals surface area contributed by atoms with Crippen molar-refractivity contribution in [3.8, 4) is 22.9 Å². The topological polar surface area (TPSA) is 0 Å². The molecule has 0 unspecified atom stereocenters. The molecule has 0 aliphatic carbocycles. The lowest BCUT2D eigenvalue weighted by Crippen LogP contribution is -2.39. The minimum Gasteiger partial charge on any atom is -0.195 e. The van der Waals surface area contributed by atoms with Crippen molar-refractivity contribution in [1.82, 2.24) is 0 Å². The second-order valence-electron chi connectivity index (χ2n) is 13.9. The standard InChI is InChI=1S/C40H44F2S2Si2/c1-11-15-45(25(3)4,26(5)6)17-13-31-33-19-29-21-39(41)43-37(29)23-35(33)32(14-18-46(16-12-2,27(7)8)28(9)10)36-24-38-30(20-34(31)36)22-40(42)44-38/h11-12,19-28H,1-2,15-16H2,3-10H3. The molecule has 0 nitrogen and oxygen atoms in total. The Morgan fingerprint density at radius 1 is 0.587 bits per heavy atom. The molecular weight excluding hydrogens is 639 g/mol. The lowest BCUT2D eigenvalue weighted by molar-refractivity contribution is 0.658. The maximum atomic E-state index is 14.7. The second kappa shape index (κ2) is 13.2. The first-order chi connectivity index (χ1) is 21.8. The van der Waals surface area contributed by atoms with Crippen molar-refractivity contribution in [1.29, 1.82) is 0 Å². The van der Waals surface area contributed by atoms with Gasteiger partial charge >= 0.3 is 0 Å². The fraction of sp³-hybridized carbons (Fsp3) is 0.350. The van der Waals surface area contributed by atoms with Crippen LogP contribution in [0.3, 0.4) is 0 Å². The molecule has 0 fully saturated rings. The summed E-state index contributed by atoms with van der Waals surface area (Å²) in [4.78, 5) is 0. The van der Waals surface area contributed by atoms with E-state index in [9.17, 15) is 8.78 Å². The number of hydrogen-bond acceptors (Lipinski definition) is 2. The van der Waals surface area contributed by atoms with E-state index >= 15 is 0 Å². The molecule has 46 heavy (non-hydrogen) atoms. The van der Waals surface area contributed by atoms with E-state index in [-0.39, 0.29) is 10.3 Å². The van der Waals surface area contributed by atoms with E-state index in [1.54, 1.807) is 12.1 Å². The van der Waals surface area contributed by atoms with E-state index in [0.29, 0.717) is 22.2 Å². The lowest BCUT2D eigenvalue weighted by Gasteiger charge is -2.33. The molecule has 5 rings (SSSR count). The SMILES string of the molecule is C=CC[Si](C#Cc1c2cc3cc(F)sc3cc2c(C#C[Si](CC=C)(C(C)C)C(C)C)c2cc3sc(F)cc3cc12)(C(C)C)C(C)C. The smallest absolute Gasteiger partial charge is 0.177 e. The molecular formula is C40H44F2S2Si2. The molecule has 0 radical (unpaired) electrons. The number of halogens is 2. The van der Waals surface area contributed by atoms with Crippen molar-refractivity contribution < 1.29 is 8.78 Å². The van der Waals surface area contributed by atoms with Gasteiger partial charge in [0.1, 0.15) is 16.1 Å². The van der Waals surface area contributed by atoms with Gasteiger partial charge in [-0.05, 0) is 92.2 Å². The van der Waals surface area contributed by atoms with Gasteiger partial charge in [0.25, 0.3) is 0 Å². The molecule has 0 saturated heterocycles. The van der Waals surface area contributed by atoms with Crippen LogP contribution in [-0.2, 0) is 0 Å². The van der Waals surface area contributed by atoms with Crippen molar-refractivity contribution in [3.63, 3.8) is 0 Å². The summed E-state index contributed by atoms with van der Waals surface area (Å²) < 4.78 is 31.2. The Balaban J connectivity index is 2.00. The zero-order chi connectivity index (χ0) is 33.6. The predicted octanol–water partition coefficient (Wildman–Crippen LogP) is 13.4. The van der Waals surface area contributed by atoms with Gasteiger partial charge < -0.3 is 0 Å². The largest absolute Gasteiger partial charge is 0.195 e. The van der Waals surface area contributed by atoms with Gasteiger partial charge in [0, 0.05) is 31.3 Å². The highest BCUT2D eigenvalue weighted by Gasteiger charge is 2.38. The van der Waals surface area contributed by atoms with Crippen LogP contribution >= 0.6 is 22.7 Å². The van der Waals surface area contributed by atoms with Crippen LogP contribution in [0.2, 0.25) is 34.3 Å². The highest BCUT2D eigenvalue weighted by Crippen LogP contribution is 2.42. The summed E-state index contributed by atoms with van der Waals surface area (Å²) in [5.74, 6) is 7.50. The summed E-state index contributed by atoms with van der Waals surface area (Å²) >= 11 is 2.32. The number of allylic oxidation sites excluding steroid dienone is 2. The summed E-state index contributed by atoms with van der Waals surface area (Å²) in [6.45, 7) is 26.5. The van der Waals surface area contributed by atoms with E-state index in [1.165, 1.54) is 0 Å². The molecule has 238 valence electrons. The normalized spacial score (nSPS) is 12.5. The summed E-state index contributed by atoms with van der Waals surface area (Å²) in [6, 6.07) is 13.5. The number of thiophene rings is 2. The quantitative estimate of drug-likeness (QED) is 0.0661. The molecule has 2 heterocycles. The Labute approximate surface area is 283 Å². The monoisotopic (exact) mass is 682 g/mol. The number of hydrogen-bond donors (Lipinski definition) is 0. The van der Waals surface area contributed by atoms with E-state index in [4.69, 9.17) is 0 Å². The molecule has 3 aromatic carbocycles. The first kappa shape index (κ1) is 34.3. The second-order valence-corrected chi connectivity index (χ2v) is 26.1. The maximum absolute atomic E-state index is 14.7. The summed E-state index contributed by atoms with van der Waals surface area (Å²) in [5, 5.41) is 5.22. The molecule has 0 bridgehead atoms. The van der Waals surface area contributed by atoms with Crippen LogP contribution in [-0.4, -0.2) is 16.1 Å². The zero-order valence-electron chi connectivity index (χ0n) is 28.3. The van der Waals surface area contributed by atoms with Crippen LogP contribution in [0.15, 0.2) is 61.7 Å². The van der Waals surface area contributed by atoms with Crippen LogP contribution < -0.4 is 0 Å². The van der Waals surface area contributed by atoms with Gasteiger partial charge in [-0.1, -0.05) is 79.4 Å². The Hall–Kier alpha value is -3.01. The van der Waals surface area contributed by atoms with Gasteiger partial charge in [0.05, 0.1) is 0 Å². The highest BCUT2D eigenvalue weighted by atomic mass is 32.1. The number of benzene rings is 3. The van der Waals surface area contributed by atoms with Gasteiger partial charge in [-0.3, -0.25) is 0 Å². The first-order valence-corrected chi connectivity index (χ1v) is 22.6. The van der Waals surface area contributed by atoms with Crippen molar-refractivity contribution in [2.45, 2.75) is 89.6 Å². The highest BCUT2D eigenvalue weighted by molar-refractivity contribution is 7.18. The van der Waals surface area contributed by atoms with Crippen LogP contribution in [0.25, 0.3) is 41.7 Å². The summed E-state index contributed by atoms with van der Waals surface area (Å²) in [6.07, 6.45) is 4.07. The fourth-order valence-electron chi connectivity index (χ4n) is 7.29. The van der Waals surface area contributed by atoms with Crippen LogP contribution in [0.5, 0.6) is 0 Å². The van der Waals surface area contributed by atoms with Crippen LogP contribution in [0, 0.1) is 33.2 Å². The van der Waals surface area contributed by atoms with Gasteiger partial charge in [0.15, 0.2) is 10.3 Å². The Bertz CT molecular complexity index is 1850. The number of rotatable bonds is 8. The minimum absolute atomic E-state index is 0.208. The Kier molecular flexibility index (Phi) is 9.89. The third-order valence-electron chi connectivity index (χ3n) is 10.3. The average molecular weight is 683 g/mol. The van der Waals surface area contributed by atoms with E-state index in [0.717, 1.165) is 87.6 Å². The van der Waals surface area contributed by atoms with Crippen molar-refractivity contribution >= 4 is 80.5 Å². The van der Waals surface area contributed by atoms with E-state index in [2.05, 4.69) is 116 Å². The Morgan fingerprint density at radius 2 is 0.913 bits per heavy atom. The Morgan fingerprint density at radius 3 is 1.22 bits per heavy atom. The van der Waals surface area contributed by atoms with Gasteiger partial charge in [-0.15, -0.1) is 46.9 Å². The third kappa shape index (κ3) is 5.95. The third-order valence-corrected chi connectivity index (χ3v) is 23.4. The zero-order valence-corrected chi connectivity index (χ0v) is 32.0. The lowest BCUT2D eigenvalue weighted by atomic mass is 9.91. The molecule has 0 N–H and O–H groups in total. The predicted molar refractivity (Wildman–Crippen MR) is 208 cm³/mol. The molecule has 0 spiro atoms. The van der Waals surface area contributed by atoms with Gasteiger partial charge in [-0.25, -0.2) is 0 Å². The molecule has 0 amide bonds.